The zero-order chi connectivity index (χ0) is 16.0. The van der Waals surface area contributed by atoms with Crippen molar-refractivity contribution in [3.05, 3.63) is 35.4 Å². The second-order valence-electron chi connectivity index (χ2n) is 6.12. The monoisotopic (exact) mass is 334 g/mol. The van der Waals surface area contributed by atoms with Gasteiger partial charge in [-0.25, -0.2) is 8.78 Å². The summed E-state index contributed by atoms with van der Waals surface area (Å²) in [7, 11) is 0. The molecule has 0 aromatic heterocycles. The maximum Gasteiger partial charge on any atom is 0.220 e. The van der Waals surface area contributed by atoms with Crippen LogP contribution >= 0.6 is 12.4 Å². The predicted octanol–water partition coefficient (Wildman–Crippen LogP) is 3.20. The van der Waals surface area contributed by atoms with Crippen LogP contribution in [0.3, 0.4) is 0 Å². The molecular weight excluding hydrogens is 310 g/mol. The molecule has 0 aliphatic carbocycles. The third-order valence-corrected chi connectivity index (χ3v) is 3.40. The second kappa shape index (κ2) is 9.06. The number of carbonyl (C=O) groups is 1. The Morgan fingerprint density at radius 3 is 2.55 bits per heavy atom. The van der Waals surface area contributed by atoms with Crippen LogP contribution in [0.15, 0.2) is 18.2 Å². The number of nitrogens with two attached hydrogens (primary N) is 1. The minimum Gasteiger partial charge on any atom is -0.350 e. The van der Waals surface area contributed by atoms with E-state index < -0.39 is 17.2 Å². The summed E-state index contributed by atoms with van der Waals surface area (Å²) in [5.74, 6) is -1.57. The number of nitrogens with one attached hydrogen (secondary N) is 1. The highest BCUT2D eigenvalue weighted by Gasteiger charge is 2.25. The second-order valence-corrected chi connectivity index (χ2v) is 6.12. The third kappa shape index (κ3) is 6.28. The van der Waals surface area contributed by atoms with Gasteiger partial charge in [-0.2, -0.15) is 0 Å². The van der Waals surface area contributed by atoms with Crippen molar-refractivity contribution in [1.29, 1.82) is 0 Å². The Balaban J connectivity index is 0.00000441. The maximum absolute atomic E-state index is 13.5. The van der Waals surface area contributed by atoms with Crippen LogP contribution in [0.1, 0.15) is 39.2 Å². The van der Waals surface area contributed by atoms with Crippen molar-refractivity contribution < 1.29 is 13.6 Å². The molecule has 1 atom stereocenters. The summed E-state index contributed by atoms with van der Waals surface area (Å²) in [5, 5.41) is 2.90. The number of aryl methyl sites for hydroxylation is 1. The zero-order valence-corrected chi connectivity index (χ0v) is 14.1. The van der Waals surface area contributed by atoms with Crippen LogP contribution in [0.25, 0.3) is 0 Å². The van der Waals surface area contributed by atoms with Crippen molar-refractivity contribution in [3.63, 3.8) is 0 Å². The first-order chi connectivity index (χ1) is 9.77. The molecule has 1 aromatic carbocycles. The van der Waals surface area contributed by atoms with Gasteiger partial charge in [0.05, 0.1) is 0 Å². The molecule has 0 heterocycles. The molecule has 0 saturated carbocycles. The lowest BCUT2D eigenvalue weighted by Gasteiger charge is -2.31. The van der Waals surface area contributed by atoms with Gasteiger partial charge in [0.2, 0.25) is 5.91 Å². The Kier molecular flexibility index (Phi) is 8.56. The smallest absolute Gasteiger partial charge is 0.220 e. The molecule has 0 saturated heterocycles. The summed E-state index contributed by atoms with van der Waals surface area (Å²) < 4.78 is 26.6. The topological polar surface area (TPSA) is 55.1 Å². The van der Waals surface area contributed by atoms with Crippen molar-refractivity contribution in [2.75, 3.05) is 6.54 Å². The molecule has 0 spiro atoms. The lowest BCUT2D eigenvalue weighted by atomic mass is 9.90. The van der Waals surface area contributed by atoms with Crippen molar-refractivity contribution in [1.82, 2.24) is 5.32 Å². The molecule has 1 amide bonds. The molecule has 1 aromatic rings. The van der Waals surface area contributed by atoms with Gasteiger partial charge in [0.15, 0.2) is 11.6 Å². The number of hydrogen-bond acceptors (Lipinski definition) is 2. The van der Waals surface area contributed by atoms with Crippen molar-refractivity contribution in [2.45, 2.75) is 45.6 Å². The van der Waals surface area contributed by atoms with E-state index in [1.807, 2.05) is 6.92 Å². The lowest BCUT2D eigenvalue weighted by Crippen LogP contribution is -2.52. The van der Waals surface area contributed by atoms with Crippen LogP contribution in [-0.2, 0) is 11.2 Å². The maximum atomic E-state index is 13.5. The number of benzene rings is 1. The molecule has 6 heteroatoms. The Morgan fingerprint density at radius 1 is 1.36 bits per heavy atom. The van der Waals surface area contributed by atoms with Gasteiger partial charge in [0.25, 0.3) is 0 Å². The van der Waals surface area contributed by atoms with Gasteiger partial charge >= 0.3 is 0 Å². The minimum atomic E-state index is -0.889. The standard InChI is InChI=1S/C16H24F2N2O.ClH/c1-11(2)9-16(3,10-19)20-14(21)8-7-12-5-4-6-13(17)15(12)18;/h4-6,11H,7-10,19H2,1-3H3,(H,20,21);1H. The summed E-state index contributed by atoms with van der Waals surface area (Å²) in [6.45, 7) is 6.35. The van der Waals surface area contributed by atoms with E-state index in [9.17, 15) is 13.6 Å². The number of rotatable bonds is 7. The molecule has 0 radical (unpaired) electrons. The van der Waals surface area contributed by atoms with E-state index in [2.05, 4.69) is 19.2 Å². The van der Waals surface area contributed by atoms with Crippen LogP contribution < -0.4 is 11.1 Å². The highest BCUT2D eigenvalue weighted by Crippen LogP contribution is 2.17. The first-order valence-corrected chi connectivity index (χ1v) is 7.21. The van der Waals surface area contributed by atoms with E-state index in [4.69, 9.17) is 5.73 Å². The Hall–Kier alpha value is -1.20. The van der Waals surface area contributed by atoms with Crippen molar-refractivity contribution >= 4 is 18.3 Å². The average Bonchev–Trinajstić information content (AvgIpc) is 2.39. The van der Waals surface area contributed by atoms with E-state index in [0.29, 0.717) is 12.5 Å². The summed E-state index contributed by atoms with van der Waals surface area (Å²) in [6, 6.07) is 3.99. The largest absolute Gasteiger partial charge is 0.350 e. The van der Waals surface area contributed by atoms with E-state index in [1.54, 1.807) is 0 Å². The van der Waals surface area contributed by atoms with E-state index >= 15 is 0 Å². The van der Waals surface area contributed by atoms with Crippen LogP contribution in [0.4, 0.5) is 8.78 Å². The van der Waals surface area contributed by atoms with Crippen molar-refractivity contribution in [2.24, 2.45) is 11.7 Å². The fourth-order valence-electron chi connectivity index (χ4n) is 2.48. The molecule has 1 rings (SSSR count). The number of amides is 1. The molecule has 3 N–H and O–H groups in total. The van der Waals surface area contributed by atoms with Gasteiger partial charge in [-0.15, -0.1) is 12.4 Å². The third-order valence-electron chi connectivity index (χ3n) is 3.40. The van der Waals surface area contributed by atoms with Gasteiger partial charge in [-0.3, -0.25) is 4.79 Å². The quantitative estimate of drug-likeness (QED) is 0.804. The molecule has 0 fully saturated rings. The molecule has 0 aliphatic rings. The van der Waals surface area contributed by atoms with Crippen LogP contribution in [0, 0.1) is 17.6 Å². The summed E-state index contributed by atoms with van der Waals surface area (Å²) in [4.78, 5) is 12.0. The first-order valence-electron chi connectivity index (χ1n) is 7.21. The number of halogens is 3. The van der Waals surface area contributed by atoms with Gasteiger partial charge < -0.3 is 11.1 Å². The Bertz CT molecular complexity index is 497. The van der Waals surface area contributed by atoms with Gasteiger partial charge in [0.1, 0.15) is 0 Å². The molecule has 126 valence electrons. The normalized spacial score (nSPS) is 13.4. The highest BCUT2D eigenvalue weighted by molar-refractivity contribution is 5.85. The molecule has 3 nitrogen and oxygen atoms in total. The molecule has 22 heavy (non-hydrogen) atoms. The van der Waals surface area contributed by atoms with Crippen LogP contribution in [0.5, 0.6) is 0 Å². The molecule has 0 bridgehead atoms. The van der Waals surface area contributed by atoms with E-state index in [-0.39, 0.29) is 36.7 Å². The fourth-order valence-corrected chi connectivity index (χ4v) is 2.48. The zero-order valence-electron chi connectivity index (χ0n) is 13.3. The van der Waals surface area contributed by atoms with Gasteiger partial charge in [0, 0.05) is 18.5 Å². The van der Waals surface area contributed by atoms with E-state index in [1.165, 1.54) is 12.1 Å². The molecule has 0 aliphatic heterocycles. The van der Waals surface area contributed by atoms with Gasteiger partial charge in [-0.05, 0) is 37.3 Å². The van der Waals surface area contributed by atoms with E-state index in [0.717, 1.165) is 12.5 Å². The Labute approximate surface area is 137 Å². The Morgan fingerprint density at radius 2 is 2.00 bits per heavy atom. The predicted molar refractivity (Wildman–Crippen MR) is 87.0 cm³/mol. The SMILES string of the molecule is CC(C)CC(C)(CN)NC(=O)CCc1cccc(F)c1F.Cl. The minimum absolute atomic E-state index is 0. The van der Waals surface area contributed by atoms with Crippen molar-refractivity contribution in [3.8, 4) is 0 Å². The van der Waals surface area contributed by atoms with Crippen LogP contribution in [0.2, 0.25) is 0 Å². The van der Waals surface area contributed by atoms with Gasteiger partial charge in [-0.1, -0.05) is 26.0 Å². The number of hydrogen-bond donors (Lipinski definition) is 2. The fraction of sp³-hybridized carbons (Fsp3) is 0.562. The summed E-state index contributed by atoms with van der Waals surface area (Å²) in [5.41, 5.74) is 5.48. The summed E-state index contributed by atoms with van der Waals surface area (Å²) >= 11 is 0. The highest BCUT2D eigenvalue weighted by atomic mass is 35.5. The molecule has 1 unspecified atom stereocenters. The average molecular weight is 335 g/mol. The summed E-state index contributed by atoms with van der Waals surface area (Å²) in [6.07, 6.45) is 1.04. The first kappa shape index (κ1) is 20.8. The lowest BCUT2D eigenvalue weighted by molar-refractivity contribution is -0.122. The van der Waals surface area contributed by atoms with Crippen LogP contribution in [-0.4, -0.2) is 18.0 Å². The molecular formula is C16H25ClF2N2O. The number of carbonyl (C=O) groups excluding carboxylic acids is 1.